The van der Waals surface area contributed by atoms with E-state index in [2.05, 4.69) is 60.3 Å². The van der Waals surface area contributed by atoms with Gasteiger partial charge in [0, 0.05) is 0 Å². The molecule has 0 saturated heterocycles. The van der Waals surface area contributed by atoms with Crippen LogP contribution < -0.4 is 0 Å². The normalized spacial score (nSPS) is 46.2. The molecular weight excluding hydrogens is 420 g/mol. The van der Waals surface area contributed by atoms with E-state index >= 15 is 0 Å². The van der Waals surface area contributed by atoms with Gasteiger partial charge in [-0.25, -0.2) is 0 Å². The van der Waals surface area contributed by atoms with Crippen molar-refractivity contribution in [1.29, 1.82) is 0 Å². The lowest BCUT2D eigenvalue weighted by Crippen LogP contribution is -2.59. The first-order valence-electron chi connectivity index (χ1n) is 16.0. The van der Waals surface area contributed by atoms with E-state index in [-0.39, 0.29) is 0 Å². The Morgan fingerprint density at radius 3 is 2.23 bits per heavy atom. The molecule has 0 N–H and O–H groups in total. The van der Waals surface area contributed by atoms with Gasteiger partial charge in [-0.3, -0.25) is 0 Å². The average molecular weight is 481 g/mol. The van der Waals surface area contributed by atoms with E-state index in [4.69, 9.17) is 0 Å². The molecule has 4 fully saturated rings. The minimum absolute atomic E-state index is 0.526. The topological polar surface area (TPSA) is 0 Å². The van der Waals surface area contributed by atoms with Crippen molar-refractivity contribution in [1.82, 2.24) is 0 Å². The van der Waals surface area contributed by atoms with Crippen LogP contribution in [0.1, 0.15) is 151 Å². The summed E-state index contributed by atoms with van der Waals surface area (Å²) in [4.78, 5) is 0. The smallest absolute Gasteiger partial charge is 0.0146 e. The number of hydrogen-bond acceptors (Lipinski definition) is 0. The molecule has 8 atom stereocenters. The van der Waals surface area contributed by atoms with Gasteiger partial charge in [0.15, 0.2) is 0 Å². The summed E-state index contributed by atoms with van der Waals surface area (Å²) >= 11 is 0. The first-order chi connectivity index (χ1) is 16.7. The Hall–Kier alpha value is -0.520. The minimum Gasteiger partial charge on any atom is -0.103 e. The number of fused-ring (bicyclic) bond motifs is 5. The second-order valence-corrected chi connectivity index (χ2v) is 14.6. The van der Waals surface area contributed by atoms with Crippen molar-refractivity contribution in [2.24, 2.45) is 45.3 Å². The Labute approximate surface area is 220 Å². The van der Waals surface area contributed by atoms with E-state index in [0.29, 0.717) is 21.7 Å². The lowest BCUT2D eigenvalue weighted by atomic mass is 9.38. The molecule has 0 heteroatoms. The van der Waals surface area contributed by atoms with Crippen LogP contribution >= 0.6 is 0 Å². The van der Waals surface area contributed by atoms with Gasteiger partial charge in [0.25, 0.3) is 0 Å². The Bertz CT molecular complexity index is 760. The second kappa shape index (κ2) is 10.7. The fourth-order valence-corrected chi connectivity index (χ4v) is 10.8. The summed E-state index contributed by atoms with van der Waals surface area (Å²) in [7, 11) is 0. The summed E-state index contributed by atoms with van der Waals surface area (Å²) in [6.45, 7) is 19.5. The van der Waals surface area contributed by atoms with Crippen molar-refractivity contribution in [3.05, 3.63) is 24.3 Å². The molecule has 0 aliphatic heterocycles. The van der Waals surface area contributed by atoms with E-state index in [1.807, 2.05) is 5.57 Å². The van der Waals surface area contributed by atoms with E-state index < -0.39 is 0 Å². The molecule has 4 aliphatic rings. The van der Waals surface area contributed by atoms with Crippen LogP contribution in [-0.4, -0.2) is 0 Å². The van der Waals surface area contributed by atoms with E-state index in [1.165, 1.54) is 109 Å². The minimum atomic E-state index is 0.526. The van der Waals surface area contributed by atoms with E-state index in [9.17, 15) is 0 Å². The quantitative estimate of drug-likeness (QED) is 0.239. The molecule has 0 aromatic carbocycles. The van der Waals surface area contributed by atoms with Gasteiger partial charge in [-0.05, 0) is 142 Å². The third-order valence-electron chi connectivity index (χ3n) is 13.4. The SMILES string of the molecule is C=CCCCC/C(=C\C)[C@@H]1CCCC2C1(C)CCC1[C@H]3CC[C@](C)(CC)CCC3(CC)CC[C@]12C. The van der Waals surface area contributed by atoms with Gasteiger partial charge >= 0.3 is 0 Å². The molecule has 0 aromatic rings. The van der Waals surface area contributed by atoms with Crippen LogP contribution in [0.15, 0.2) is 24.3 Å². The molecule has 4 rings (SSSR count). The summed E-state index contributed by atoms with van der Waals surface area (Å²) < 4.78 is 0. The highest BCUT2D eigenvalue weighted by atomic mass is 14.7. The van der Waals surface area contributed by atoms with Gasteiger partial charge in [0.1, 0.15) is 0 Å². The number of hydrogen-bond donors (Lipinski definition) is 0. The van der Waals surface area contributed by atoms with Gasteiger partial charge in [0.05, 0.1) is 0 Å². The van der Waals surface area contributed by atoms with Crippen molar-refractivity contribution >= 4 is 0 Å². The number of allylic oxidation sites excluding steroid dienone is 3. The lowest BCUT2D eigenvalue weighted by Gasteiger charge is -2.67. The van der Waals surface area contributed by atoms with Gasteiger partial charge in [-0.1, -0.05) is 71.6 Å². The van der Waals surface area contributed by atoms with E-state index in [1.54, 1.807) is 0 Å². The van der Waals surface area contributed by atoms with Crippen molar-refractivity contribution in [3.63, 3.8) is 0 Å². The molecule has 0 heterocycles. The van der Waals surface area contributed by atoms with Gasteiger partial charge in [-0.15, -0.1) is 6.58 Å². The van der Waals surface area contributed by atoms with Gasteiger partial charge in [0.2, 0.25) is 0 Å². The standard InChI is InChI=1S/C35H60/c1-8-12-13-14-16-27(9-2)28-17-15-18-31-33(28,6)22-20-29-30-19-21-32(5,10-3)23-25-35(30,11-4)26-24-34(29,31)7/h8-9,28-31H,1,10-26H2,2-7H3/b27-9+/t28-,29?,30+,31?,32-,33?,34+,35?/m0/s1. The number of rotatable bonds is 8. The third-order valence-corrected chi connectivity index (χ3v) is 13.4. The van der Waals surface area contributed by atoms with Crippen molar-refractivity contribution in [2.45, 2.75) is 151 Å². The van der Waals surface area contributed by atoms with Crippen LogP contribution in [0.4, 0.5) is 0 Å². The Morgan fingerprint density at radius 2 is 1.54 bits per heavy atom. The highest BCUT2D eigenvalue weighted by molar-refractivity contribution is 5.19. The maximum absolute atomic E-state index is 3.94. The molecule has 0 spiro atoms. The summed E-state index contributed by atoms with van der Waals surface area (Å²) in [6.07, 6.45) is 29.1. The zero-order chi connectivity index (χ0) is 25.3. The van der Waals surface area contributed by atoms with Crippen molar-refractivity contribution < 1.29 is 0 Å². The molecule has 4 unspecified atom stereocenters. The molecule has 35 heavy (non-hydrogen) atoms. The largest absolute Gasteiger partial charge is 0.103 e. The molecule has 0 nitrogen and oxygen atoms in total. The van der Waals surface area contributed by atoms with Crippen molar-refractivity contribution in [2.75, 3.05) is 0 Å². The zero-order valence-corrected chi connectivity index (χ0v) is 24.7. The summed E-state index contributed by atoms with van der Waals surface area (Å²) in [5.41, 5.74) is 4.16. The first-order valence-corrected chi connectivity index (χ1v) is 16.0. The summed E-state index contributed by atoms with van der Waals surface area (Å²) in [6, 6.07) is 0. The zero-order valence-electron chi connectivity index (χ0n) is 24.7. The predicted octanol–water partition coefficient (Wildman–Crippen LogP) is 11.3. The van der Waals surface area contributed by atoms with Crippen LogP contribution in [0.25, 0.3) is 0 Å². The van der Waals surface area contributed by atoms with Crippen LogP contribution in [0.5, 0.6) is 0 Å². The lowest BCUT2D eigenvalue weighted by molar-refractivity contribution is -0.172. The van der Waals surface area contributed by atoms with Gasteiger partial charge < -0.3 is 0 Å². The van der Waals surface area contributed by atoms with Gasteiger partial charge in [-0.2, -0.15) is 0 Å². The van der Waals surface area contributed by atoms with Crippen LogP contribution in [0.2, 0.25) is 0 Å². The van der Waals surface area contributed by atoms with Crippen LogP contribution in [-0.2, 0) is 0 Å². The highest BCUT2D eigenvalue weighted by Gasteiger charge is 2.63. The molecule has 0 amide bonds. The Balaban J connectivity index is 1.60. The van der Waals surface area contributed by atoms with E-state index in [0.717, 1.165) is 23.7 Å². The van der Waals surface area contributed by atoms with Crippen LogP contribution in [0.3, 0.4) is 0 Å². The summed E-state index contributed by atoms with van der Waals surface area (Å²) in [5, 5.41) is 0. The monoisotopic (exact) mass is 480 g/mol. The maximum Gasteiger partial charge on any atom is -0.0146 e. The Kier molecular flexibility index (Phi) is 8.40. The fraction of sp³-hybridized carbons (Fsp3) is 0.886. The second-order valence-electron chi connectivity index (χ2n) is 14.6. The van der Waals surface area contributed by atoms with Crippen LogP contribution in [0, 0.1) is 45.3 Å². The predicted molar refractivity (Wildman–Crippen MR) is 155 cm³/mol. The third kappa shape index (κ3) is 4.76. The molecule has 0 aromatic heterocycles. The summed E-state index contributed by atoms with van der Waals surface area (Å²) in [5.74, 6) is 3.74. The fourth-order valence-electron chi connectivity index (χ4n) is 10.8. The maximum atomic E-state index is 3.94. The molecule has 0 bridgehead atoms. The first kappa shape index (κ1) is 27.5. The van der Waals surface area contributed by atoms with Crippen molar-refractivity contribution in [3.8, 4) is 0 Å². The molecule has 0 radical (unpaired) electrons. The highest BCUT2D eigenvalue weighted by Crippen LogP contribution is 2.71. The molecular formula is C35H60. The molecule has 4 aliphatic carbocycles. The molecule has 4 saturated carbocycles. The molecule has 200 valence electrons. The Morgan fingerprint density at radius 1 is 0.800 bits per heavy atom. The average Bonchev–Trinajstić information content (AvgIpc) is 3.01. The number of unbranched alkanes of at least 4 members (excludes halogenated alkanes) is 2.